The molecule has 2 heterocycles. The minimum atomic E-state index is -1.27. The van der Waals surface area contributed by atoms with Gasteiger partial charge in [0.25, 0.3) is 5.91 Å². The van der Waals surface area contributed by atoms with E-state index in [1.807, 2.05) is 24.3 Å². The number of halogens is 1. The van der Waals surface area contributed by atoms with Crippen molar-refractivity contribution in [1.82, 2.24) is 14.7 Å². The van der Waals surface area contributed by atoms with Crippen LogP contribution in [0.4, 0.5) is 4.39 Å². The van der Waals surface area contributed by atoms with Crippen LogP contribution in [0.5, 0.6) is 0 Å². The first kappa shape index (κ1) is 20.6. The third-order valence-corrected chi connectivity index (χ3v) is 6.00. The molecule has 0 saturated carbocycles. The van der Waals surface area contributed by atoms with Crippen LogP contribution in [-0.4, -0.2) is 19.8 Å². The molecule has 2 unspecified atom stereocenters. The zero-order valence-electron chi connectivity index (χ0n) is 16.2. The summed E-state index contributed by atoms with van der Waals surface area (Å²) in [6.45, 7) is 0. The summed E-state index contributed by atoms with van der Waals surface area (Å²) in [5.41, 5.74) is 1.57. The maximum Gasteiger partial charge on any atom is 0.256 e. The van der Waals surface area contributed by atoms with Gasteiger partial charge in [0, 0.05) is 12.4 Å². The van der Waals surface area contributed by atoms with E-state index in [-0.39, 0.29) is 11.3 Å². The number of pyridine rings is 1. The number of amides is 1. The normalized spacial score (nSPS) is 12.8. The molecule has 1 N–H and O–H groups in total. The molecule has 4 rings (SSSR count). The standard InChI is InChI=1S/C23H17FN4O2S/c24-17-7-4-6-16(12-17)21(13-25)27-23(29)20-10-5-11-28-14-18(26-22(20)28)15-31(30)19-8-2-1-3-9-19/h1-12,14,21H,15H2,(H,27,29). The Morgan fingerprint density at radius 1 is 1.19 bits per heavy atom. The molecule has 0 aliphatic rings. The number of nitrogens with one attached hydrogen (secondary N) is 1. The van der Waals surface area contributed by atoms with Crippen molar-refractivity contribution in [3.05, 3.63) is 102 Å². The molecule has 2 aromatic carbocycles. The van der Waals surface area contributed by atoms with Gasteiger partial charge in [-0.1, -0.05) is 30.3 Å². The SMILES string of the molecule is N#CC(NC(=O)c1cccn2cc(C[S+]([O-])c3ccccc3)nc12)c1cccc(F)c1. The van der Waals surface area contributed by atoms with Crippen LogP contribution in [0.2, 0.25) is 0 Å². The van der Waals surface area contributed by atoms with Gasteiger partial charge in [-0.05, 0) is 53.1 Å². The van der Waals surface area contributed by atoms with E-state index in [0.29, 0.717) is 21.8 Å². The Balaban J connectivity index is 1.58. The zero-order chi connectivity index (χ0) is 21.8. The first-order valence-corrected chi connectivity index (χ1v) is 10.7. The summed E-state index contributed by atoms with van der Waals surface area (Å²) >= 11 is -1.27. The molecule has 8 heteroatoms. The second-order valence-electron chi connectivity index (χ2n) is 6.78. The van der Waals surface area contributed by atoms with Gasteiger partial charge in [-0.25, -0.2) is 9.37 Å². The lowest BCUT2D eigenvalue weighted by molar-refractivity contribution is 0.0946. The molecular formula is C23H17FN4O2S. The number of hydrogen-bond acceptors (Lipinski definition) is 4. The lowest BCUT2D eigenvalue weighted by atomic mass is 10.1. The van der Waals surface area contributed by atoms with Crippen molar-refractivity contribution < 1.29 is 13.7 Å². The predicted octanol–water partition coefficient (Wildman–Crippen LogP) is 3.78. The van der Waals surface area contributed by atoms with Crippen molar-refractivity contribution in [2.45, 2.75) is 16.7 Å². The summed E-state index contributed by atoms with van der Waals surface area (Å²) in [7, 11) is 0. The van der Waals surface area contributed by atoms with Crippen LogP contribution in [0.1, 0.15) is 27.7 Å². The van der Waals surface area contributed by atoms with Gasteiger partial charge in [0.1, 0.15) is 23.2 Å². The fraction of sp³-hybridized carbons (Fsp3) is 0.0870. The highest BCUT2D eigenvalue weighted by molar-refractivity contribution is 7.90. The van der Waals surface area contributed by atoms with Gasteiger partial charge in [0.15, 0.2) is 10.6 Å². The lowest BCUT2D eigenvalue weighted by Crippen LogP contribution is -2.28. The lowest BCUT2D eigenvalue weighted by Gasteiger charge is -2.12. The van der Waals surface area contributed by atoms with E-state index >= 15 is 0 Å². The number of imidazole rings is 1. The van der Waals surface area contributed by atoms with E-state index in [2.05, 4.69) is 10.3 Å². The summed E-state index contributed by atoms with van der Waals surface area (Å²) in [5, 5.41) is 12.1. The van der Waals surface area contributed by atoms with Crippen molar-refractivity contribution in [3.63, 3.8) is 0 Å². The van der Waals surface area contributed by atoms with Gasteiger partial charge in [-0.3, -0.25) is 4.79 Å². The van der Waals surface area contributed by atoms with Gasteiger partial charge < -0.3 is 14.3 Å². The molecule has 154 valence electrons. The Morgan fingerprint density at radius 2 is 2.00 bits per heavy atom. The molecule has 0 radical (unpaired) electrons. The van der Waals surface area contributed by atoms with Crippen molar-refractivity contribution in [2.24, 2.45) is 0 Å². The summed E-state index contributed by atoms with van der Waals surface area (Å²) < 4.78 is 27.8. The average molecular weight is 432 g/mol. The molecule has 0 saturated heterocycles. The van der Waals surface area contributed by atoms with Crippen LogP contribution in [0.25, 0.3) is 5.65 Å². The van der Waals surface area contributed by atoms with Gasteiger partial charge in [-0.15, -0.1) is 0 Å². The summed E-state index contributed by atoms with van der Waals surface area (Å²) in [6, 6.07) is 18.9. The van der Waals surface area contributed by atoms with E-state index in [0.717, 1.165) is 0 Å². The molecule has 0 fully saturated rings. The van der Waals surface area contributed by atoms with Gasteiger partial charge >= 0.3 is 0 Å². The first-order chi connectivity index (χ1) is 15.0. The fourth-order valence-electron chi connectivity index (χ4n) is 3.19. The number of aromatic nitrogens is 2. The van der Waals surface area contributed by atoms with Crippen LogP contribution in [0, 0.1) is 17.1 Å². The van der Waals surface area contributed by atoms with Crippen LogP contribution >= 0.6 is 0 Å². The van der Waals surface area contributed by atoms with Crippen molar-refractivity contribution in [1.29, 1.82) is 5.26 Å². The Hall–Kier alpha value is -3.67. The van der Waals surface area contributed by atoms with E-state index < -0.39 is 28.9 Å². The Labute approximate surface area is 181 Å². The molecule has 0 spiro atoms. The minimum absolute atomic E-state index is 0.205. The molecule has 1 amide bonds. The number of nitrogens with zero attached hydrogens (tertiary/aromatic N) is 3. The van der Waals surface area contributed by atoms with E-state index in [1.54, 1.807) is 47.1 Å². The zero-order valence-corrected chi connectivity index (χ0v) is 17.1. The van der Waals surface area contributed by atoms with Crippen molar-refractivity contribution in [2.75, 3.05) is 0 Å². The van der Waals surface area contributed by atoms with Crippen LogP contribution in [-0.2, 0) is 16.9 Å². The van der Waals surface area contributed by atoms with Gasteiger partial charge in [0.05, 0.1) is 11.6 Å². The van der Waals surface area contributed by atoms with Crippen molar-refractivity contribution in [3.8, 4) is 6.07 Å². The van der Waals surface area contributed by atoms with Gasteiger partial charge in [0.2, 0.25) is 0 Å². The maximum absolute atomic E-state index is 13.5. The van der Waals surface area contributed by atoms with Crippen molar-refractivity contribution >= 4 is 22.7 Å². The number of benzene rings is 2. The quantitative estimate of drug-likeness (QED) is 0.469. The van der Waals surface area contributed by atoms with E-state index in [1.165, 1.54) is 18.2 Å². The number of nitriles is 1. The number of carbonyl (C=O) groups is 1. The highest BCUT2D eigenvalue weighted by Gasteiger charge is 2.20. The Bertz CT molecular complexity index is 1270. The van der Waals surface area contributed by atoms with Crippen LogP contribution in [0.3, 0.4) is 0 Å². The second kappa shape index (κ2) is 9.00. The molecule has 0 aliphatic carbocycles. The monoisotopic (exact) mass is 432 g/mol. The molecule has 4 aromatic rings. The number of rotatable bonds is 6. The molecule has 2 aromatic heterocycles. The van der Waals surface area contributed by atoms with Gasteiger partial charge in [-0.2, -0.15) is 5.26 Å². The predicted molar refractivity (Wildman–Crippen MR) is 114 cm³/mol. The molecule has 2 atom stereocenters. The summed E-state index contributed by atoms with van der Waals surface area (Å²) in [4.78, 5) is 18.1. The molecule has 0 bridgehead atoms. The Kier molecular flexibility index (Phi) is 5.98. The third kappa shape index (κ3) is 4.58. The van der Waals surface area contributed by atoms with E-state index in [4.69, 9.17) is 0 Å². The second-order valence-corrected chi connectivity index (χ2v) is 8.23. The maximum atomic E-state index is 13.5. The third-order valence-electron chi connectivity index (χ3n) is 4.65. The number of fused-ring (bicyclic) bond motifs is 1. The Morgan fingerprint density at radius 3 is 2.74 bits per heavy atom. The highest BCUT2D eigenvalue weighted by Crippen LogP contribution is 2.19. The van der Waals surface area contributed by atoms with E-state index in [9.17, 15) is 19.0 Å². The first-order valence-electron chi connectivity index (χ1n) is 9.41. The minimum Gasteiger partial charge on any atom is -0.611 e. The molecular weight excluding hydrogens is 415 g/mol. The number of hydrogen-bond donors (Lipinski definition) is 1. The largest absolute Gasteiger partial charge is 0.611 e. The highest BCUT2D eigenvalue weighted by atomic mass is 32.2. The molecule has 0 aliphatic heterocycles. The molecule has 6 nitrogen and oxygen atoms in total. The van der Waals surface area contributed by atoms with Crippen LogP contribution in [0.15, 0.2) is 84.0 Å². The fourth-order valence-corrected chi connectivity index (χ4v) is 4.22. The topological polar surface area (TPSA) is 93.2 Å². The smallest absolute Gasteiger partial charge is 0.256 e. The summed E-state index contributed by atoms with van der Waals surface area (Å²) in [6.07, 6.45) is 3.46. The number of carbonyl (C=O) groups excluding carboxylic acids is 1. The molecule has 31 heavy (non-hydrogen) atoms. The average Bonchev–Trinajstić information content (AvgIpc) is 3.20. The summed E-state index contributed by atoms with van der Waals surface area (Å²) in [5.74, 6) is -0.794. The van der Waals surface area contributed by atoms with Crippen LogP contribution < -0.4 is 5.32 Å².